The van der Waals surface area contributed by atoms with Crippen LogP contribution in [0.3, 0.4) is 0 Å². The lowest BCUT2D eigenvalue weighted by Gasteiger charge is -2.16. The number of benzene rings is 2. The van der Waals surface area contributed by atoms with Gasteiger partial charge in [0.15, 0.2) is 28.9 Å². The zero-order chi connectivity index (χ0) is 36.3. The number of ether oxygens (including phenoxy) is 1. The van der Waals surface area contributed by atoms with Gasteiger partial charge in [-0.05, 0) is 79.6 Å². The third-order valence-electron chi connectivity index (χ3n) is 7.96. The molecule has 4 aromatic rings. The molecule has 0 spiro atoms. The van der Waals surface area contributed by atoms with Crippen molar-refractivity contribution in [1.82, 2.24) is 35.5 Å². The number of carbonyl (C=O) groups is 2. The summed E-state index contributed by atoms with van der Waals surface area (Å²) in [6.45, 7) is 3.49. The second kappa shape index (κ2) is 17.7. The van der Waals surface area contributed by atoms with Crippen LogP contribution in [0.25, 0.3) is 11.2 Å². The molecule has 51 heavy (non-hydrogen) atoms. The Balaban J connectivity index is 1.03. The molecule has 0 radical (unpaired) electrons. The third-order valence-corrected chi connectivity index (χ3v) is 8.30. The van der Waals surface area contributed by atoms with Crippen molar-refractivity contribution in [2.75, 3.05) is 42.5 Å². The van der Waals surface area contributed by atoms with Gasteiger partial charge in [0, 0.05) is 38.3 Å². The number of hydrogen-bond acceptors (Lipinski definition) is 13. The van der Waals surface area contributed by atoms with E-state index >= 15 is 0 Å². The van der Waals surface area contributed by atoms with Crippen LogP contribution in [0.15, 0.2) is 59.9 Å². The SMILES string of the molecule is CCNC(=O)[C@H]1O[C@@H](n2cnc3c(N)nc(NCCc4ccc(CCC(=O)NCCNC(=S)Nc5ccc(N=C=S)cc5)cc4)nc32)[C@H](O)[C@@H]1O. The number of amides is 2. The van der Waals surface area contributed by atoms with E-state index in [4.69, 9.17) is 22.7 Å². The van der Waals surface area contributed by atoms with Gasteiger partial charge in [-0.25, -0.2) is 4.98 Å². The van der Waals surface area contributed by atoms with Crippen LogP contribution in [0.1, 0.15) is 30.7 Å². The molecule has 2 aromatic heterocycles. The zero-order valence-electron chi connectivity index (χ0n) is 27.7. The fraction of sp³-hybridized carbons (Fsp3) is 0.364. The first-order valence-corrected chi connectivity index (χ1v) is 17.1. The highest BCUT2D eigenvalue weighted by atomic mass is 32.1. The number of anilines is 3. The van der Waals surface area contributed by atoms with Crippen molar-refractivity contribution in [3.63, 3.8) is 0 Å². The van der Waals surface area contributed by atoms with Crippen molar-refractivity contribution in [1.29, 1.82) is 0 Å². The highest BCUT2D eigenvalue weighted by molar-refractivity contribution is 7.80. The predicted molar refractivity (Wildman–Crippen MR) is 200 cm³/mol. The van der Waals surface area contributed by atoms with Crippen LogP contribution >= 0.6 is 24.4 Å². The van der Waals surface area contributed by atoms with E-state index in [-0.39, 0.29) is 23.3 Å². The van der Waals surface area contributed by atoms with E-state index in [2.05, 4.69) is 63.9 Å². The van der Waals surface area contributed by atoms with Crippen LogP contribution in [0.5, 0.6) is 0 Å². The molecule has 1 aliphatic heterocycles. The Bertz CT molecular complexity index is 1880. The molecule has 16 nitrogen and oxygen atoms in total. The first-order valence-electron chi connectivity index (χ1n) is 16.3. The molecule has 9 N–H and O–H groups in total. The number of isothiocyanates is 1. The molecule has 4 atom stereocenters. The van der Waals surface area contributed by atoms with E-state index in [9.17, 15) is 19.8 Å². The Morgan fingerprint density at radius 1 is 0.980 bits per heavy atom. The molecule has 2 aromatic carbocycles. The summed E-state index contributed by atoms with van der Waals surface area (Å²) in [5, 5.41) is 38.6. The van der Waals surface area contributed by atoms with E-state index in [1.807, 2.05) is 36.4 Å². The number of thiocarbonyl (C=S) groups is 2. The largest absolute Gasteiger partial charge is 0.387 e. The molecule has 1 aliphatic rings. The van der Waals surface area contributed by atoms with Gasteiger partial charge in [-0.3, -0.25) is 14.2 Å². The van der Waals surface area contributed by atoms with E-state index in [1.54, 1.807) is 19.1 Å². The number of imidazole rings is 1. The summed E-state index contributed by atoms with van der Waals surface area (Å²) in [6, 6.07) is 15.3. The molecule has 0 bridgehead atoms. The fourth-order valence-corrected chi connectivity index (χ4v) is 5.67. The summed E-state index contributed by atoms with van der Waals surface area (Å²) in [4.78, 5) is 41.6. The first kappa shape index (κ1) is 37.2. The lowest BCUT2D eigenvalue weighted by molar-refractivity contribution is -0.137. The average molecular weight is 734 g/mol. The monoisotopic (exact) mass is 733 g/mol. The molecular weight excluding hydrogens is 695 g/mol. The molecule has 0 saturated carbocycles. The van der Waals surface area contributed by atoms with Crippen LogP contribution in [-0.4, -0.2) is 96.3 Å². The van der Waals surface area contributed by atoms with Crippen molar-refractivity contribution in [2.24, 2.45) is 4.99 Å². The van der Waals surface area contributed by atoms with Crippen molar-refractivity contribution in [3.05, 3.63) is 66.0 Å². The number of aliphatic hydroxyl groups is 2. The summed E-state index contributed by atoms with van der Waals surface area (Å²) in [5.41, 5.74) is 10.3. The van der Waals surface area contributed by atoms with Crippen LogP contribution in [0.2, 0.25) is 0 Å². The number of fused-ring (bicyclic) bond motifs is 1. The van der Waals surface area contributed by atoms with Crippen LogP contribution < -0.4 is 32.3 Å². The summed E-state index contributed by atoms with van der Waals surface area (Å²) < 4.78 is 7.15. The van der Waals surface area contributed by atoms with E-state index < -0.39 is 30.4 Å². The Kier molecular flexibility index (Phi) is 12.9. The number of nitrogens with two attached hydrogens (primary N) is 1. The van der Waals surface area contributed by atoms with Gasteiger partial charge in [0.25, 0.3) is 5.91 Å². The quantitative estimate of drug-likeness (QED) is 0.0494. The fourth-order valence-electron chi connectivity index (χ4n) is 5.35. The maximum atomic E-state index is 12.4. The molecule has 3 heterocycles. The van der Waals surface area contributed by atoms with E-state index in [0.717, 1.165) is 16.8 Å². The number of likely N-dealkylation sites (N-methyl/N-ethyl adjacent to an activating group) is 1. The van der Waals surface area contributed by atoms with Gasteiger partial charge in [0.1, 0.15) is 17.7 Å². The van der Waals surface area contributed by atoms with Crippen molar-refractivity contribution in [3.8, 4) is 0 Å². The average Bonchev–Trinajstić information content (AvgIpc) is 3.67. The molecular formula is C33H39N11O5S2. The Hall–Kier alpha value is -5.10. The molecule has 5 rings (SSSR count). The minimum Gasteiger partial charge on any atom is -0.387 e. The standard InChI is InChI=1S/C33H39N11O5S2/c1-2-35-30(48)27-25(46)26(47)31(49-27)44-17-39-24-28(34)42-32(43-29(24)44)37-14-13-20-5-3-19(4-6-20)7-12-23(45)36-15-16-38-33(51)41-22-10-8-21(9-11-22)40-18-50/h3-6,8-11,17,25-27,31,46-47H,2,7,12-16H2,1H3,(H,35,48)(H,36,45)(H2,38,41,51)(H3,34,37,42,43)/t25-,26+,27-,31+/m0/s1. The highest BCUT2D eigenvalue weighted by Gasteiger charge is 2.47. The number of nitrogens with one attached hydrogen (secondary N) is 5. The summed E-state index contributed by atoms with van der Waals surface area (Å²) >= 11 is 9.91. The van der Waals surface area contributed by atoms with Gasteiger partial charge < -0.3 is 47.3 Å². The molecule has 2 amide bonds. The number of aliphatic hydroxyl groups excluding tert-OH is 2. The van der Waals surface area contributed by atoms with E-state index in [0.29, 0.717) is 61.8 Å². The van der Waals surface area contributed by atoms with Gasteiger partial charge in [-0.15, -0.1) is 0 Å². The smallest absolute Gasteiger partial charge is 0.252 e. The molecule has 18 heteroatoms. The maximum absolute atomic E-state index is 12.4. The minimum atomic E-state index is -1.44. The summed E-state index contributed by atoms with van der Waals surface area (Å²) in [5.74, 6) is -0.214. The topological polar surface area (TPSA) is 226 Å². The van der Waals surface area contributed by atoms with Crippen molar-refractivity contribution >= 4 is 80.8 Å². The molecule has 0 aliphatic carbocycles. The van der Waals surface area contributed by atoms with Gasteiger partial charge in [-0.2, -0.15) is 15.0 Å². The molecule has 0 unspecified atom stereocenters. The number of aromatic nitrogens is 4. The number of nitrogens with zero attached hydrogens (tertiary/aromatic N) is 5. The molecule has 1 saturated heterocycles. The normalized spacial score (nSPS) is 18.1. The number of rotatable bonds is 15. The second-order valence-corrected chi connectivity index (χ2v) is 12.1. The number of aryl methyl sites for hydroxylation is 1. The summed E-state index contributed by atoms with van der Waals surface area (Å²) in [6.07, 6.45) is -2.21. The molecule has 1 fully saturated rings. The lowest BCUT2D eigenvalue weighted by Crippen LogP contribution is -2.42. The van der Waals surface area contributed by atoms with Crippen LogP contribution in [-0.2, 0) is 27.2 Å². The third kappa shape index (κ3) is 9.78. The van der Waals surface area contributed by atoms with Gasteiger partial charge in [0.05, 0.1) is 17.2 Å². The Morgan fingerprint density at radius 2 is 1.69 bits per heavy atom. The van der Waals surface area contributed by atoms with E-state index in [1.165, 1.54) is 10.9 Å². The Morgan fingerprint density at radius 3 is 2.39 bits per heavy atom. The van der Waals surface area contributed by atoms with Crippen LogP contribution in [0, 0.1) is 0 Å². The Labute approximate surface area is 304 Å². The van der Waals surface area contributed by atoms with Gasteiger partial charge in [-0.1, -0.05) is 24.3 Å². The lowest BCUT2D eigenvalue weighted by atomic mass is 10.1. The van der Waals surface area contributed by atoms with Gasteiger partial charge >= 0.3 is 0 Å². The minimum absolute atomic E-state index is 0.0526. The van der Waals surface area contributed by atoms with Crippen molar-refractivity contribution in [2.45, 2.75) is 50.7 Å². The maximum Gasteiger partial charge on any atom is 0.252 e. The zero-order valence-corrected chi connectivity index (χ0v) is 29.3. The van der Waals surface area contributed by atoms with Crippen LogP contribution in [0.4, 0.5) is 23.1 Å². The number of nitrogen functional groups attached to an aromatic ring is 1. The number of aliphatic imine (C=N–C) groups is 1. The molecule has 268 valence electrons. The number of carbonyl (C=O) groups excluding carboxylic acids is 2. The number of hydrogen-bond donors (Lipinski definition) is 8. The van der Waals surface area contributed by atoms with Crippen molar-refractivity contribution < 1.29 is 24.5 Å². The second-order valence-electron chi connectivity index (χ2n) is 11.6. The highest BCUT2D eigenvalue weighted by Crippen LogP contribution is 2.32. The van der Waals surface area contributed by atoms with Gasteiger partial charge in [0.2, 0.25) is 11.9 Å². The predicted octanol–water partition coefficient (Wildman–Crippen LogP) is 1.59. The summed E-state index contributed by atoms with van der Waals surface area (Å²) in [7, 11) is 0. The first-order chi connectivity index (χ1) is 24.7.